The maximum absolute atomic E-state index is 10.8. The molecular weight excluding hydrogens is 422 g/mol. The van der Waals surface area contributed by atoms with E-state index < -0.39 is 5.97 Å². The van der Waals surface area contributed by atoms with E-state index in [1.807, 2.05) is 0 Å². The van der Waals surface area contributed by atoms with Crippen molar-refractivity contribution in [2.24, 2.45) is 0 Å². The number of hydrogen-bond acceptors (Lipinski definition) is 3. The highest BCUT2D eigenvalue weighted by molar-refractivity contribution is 6.05. The Hall–Kier alpha value is -2.07. The van der Waals surface area contributed by atoms with Gasteiger partial charge in [0.2, 0.25) is 0 Å². The molecule has 34 heavy (non-hydrogen) atoms. The van der Waals surface area contributed by atoms with Crippen molar-refractivity contribution in [2.75, 3.05) is 27.7 Å². The minimum Gasteiger partial charge on any atom is -0.545 e. The first-order chi connectivity index (χ1) is 16.3. The topological polar surface area (TPSA) is 60.4 Å². The lowest BCUT2D eigenvalue weighted by Crippen LogP contribution is -2.35. The molecule has 0 unspecified atom stereocenters. The van der Waals surface area contributed by atoms with Crippen molar-refractivity contribution in [3.05, 3.63) is 42.0 Å². The molecule has 0 saturated carbocycles. The summed E-state index contributed by atoms with van der Waals surface area (Å²) in [6.07, 6.45) is 20.4. The van der Waals surface area contributed by atoms with Crippen molar-refractivity contribution in [3.63, 3.8) is 0 Å². The molecule has 0 amide bonds. The summed E-state index contributed by atoms with van der Waals surface area (Å²) in [5.41, 5.74) is -0.150. The number of carbonyl (C=O) groups is 1. The maximum Gasteiger partial charge on any atom is 0.125 e. The number of hydrogen-bond donors (Lipinski definition) is 1. The number of quaternary nitrogens is 1. The van der Waals surface area contributed by atoms with E-state index in [0.29, 0.717) is 5.39 Å². The fourth-order valence-electron chi connectivity index (χ4n) is 4.26. The first kappa shape index (κ1) is 30.0. The number of rotatable bonds is 16. The summed E-state index contributed by atoms with van der Waals surface area (Å²) in [6, 6.07) is 9.96. The molecule has 0 bridgehead atoms. The predicted octanol–water partition coefficient (Wildman–Crippen LogP) is 7.08. The van der Waals surface area contributed by atoms with Gasteiger partial charge < -0.3 is 19.5 Å². The number of phenols is 1. The molecule has 192 valence electrons. The second-order valence-corrected chi connectivity index (χ2v) is 10.6. The third-order valence-electron chi connectivity index (χ3n) is 6.29. The molecule has 0 fully saturated rings. The van der Waals surface area contributed by atoms with Crippen LogP contribution in [-0.4, -0.2) is 43.2 Å². The highest BCUT2D eigenvalue weighted by atomic mass is 16.4. The lowest BCUT2D eigenvalue weighted by Gasteiger charge is -2.23. The standard InChI is InChI=1S/C19H42N.C11H8O3/c1-5-6-7-8-9-10-11-12-13-14-15-16-17-18-19-20(2,3)4;12-9-6-5-7-3-1-2-4-8(7)10(9)11(13)14/h5-19H2,1-4H3;1-6,12H,(H,13,14)/q+1;/p-1. The molecular formula is C30H49NO3. The van der Waals surface area contributed by atoms with Gasteiger partial charge in [-0.3, -0.25) is 0 Å². The number of carboxylic acids is 1. The Morgan fingerprint density at radius 1 is 0.735 bits per heavy atom. The van der Waals surface area contributed by atoms with E-state index in [0.717, 1.165) is 9.87 Å². The lowest BCUT2D eigenvalue weighted by molar-refractivity contribution is -0.870. The van der Waals surface area contributed by atoms with Gasteiger partial charge in [-0.25, -0.2) is 0 Å². The molecule has 4 heteroatoms. The largest absolute Gasteiger partial charge is 0.545 e. The van der Waals surface area contributed by atoms with Crippen LogP contribution < -0.4 is 5.11 Å². The van der Waals surface area contributed by atoms with Gasteiger partial charge >= 0.3 is 0 Å². The van der Waals surface area contributed by atoms with E-state index in [-0.39, 0.29) is 11.3 Å². The average molecular weight is 472 g/mol. The van der Waals surface area contributed by atoms with Gasteiger partial charge in [0.05, 0.1) is 33.7 Å². The zero-order chi connectivity index (χ0) is 25.2. The van der Waals surface area contributed by atoms with Crippen LogP contribution in [0.15, 0.2) is 36.4 Å². The van der Waals surface area contributed by atoms with Gasteiger partial charge in [0.1, 0.15) is 5.75 Å². The van der Waals surface area contributed by atoms with Gasteiger partial charge in [0.25, 0.3) is 0 Å². The first-order valence-electron chi connectivity index (χ1n) is 13.5. The minimum atomic E-state index is -1.36. The van der Waals surface area contributed by atoms with Crippen molar-refractivity contribution in [2.45, 2.75) is 96.8 Å². The molecule has 1 N–H and O–H groups in total. The fraction of sp³-hybridized carbons (Fsp3) is 0.633. The van der Waals surface area contributed by atoms with Crippen LogP contribution in [0.4, 0.5) is 0 Å². The van der Waals surface area contributed by atoms with Crippen molar-refractivity contribution in [1.29, 1.82) is 0 Å². The highest BCUT2D eigenvalue weighted by Gasteiger charge is 2.07. The summed E-state index contributed by atoms with van der Waals surface area (Å²) in [7, 11) is 6.88. The van der Waals surface area contributed by atoms with Crippen molar-refractivity contribution < 1.29 is 19.5 Å². The number of aromatic carboxylic acids is 1. The summed E-state index contributed by atoms with van der Waals surface area (Å²) in [5, 5.41) is 21.4. The van der Waals surface area contributed by atoms with Crippen molar-refractivity contribution in [1.82, 2.24) is 0 Å². The quantitative estimate of drug-likeness (QED) is 0.210. The number of unbranched alkanes of at least 4 members (excludes halogenated alkanes) is 13. The number of carboxylic acid groups (broad SMARTS) is 1. The molecule has 2 aromatic carbocycles. The summed E-state index contributed by atoms with van der Waals surface area (Å²) < 4.78 is 1.12. The van der Waals surface area contributed by atoms with Crippen LogP contribution in [0.3, 0.4) is 0 Å². The van der Waals surface area contributed by atoms with Crippen LogP contribution >= 0.6 is 0 Å². The number of benzene rings is 2. The van der Waals surface area contributed by atoms with Gasteiger partial charge in [-0.05, 0) is 29.7 Å². The number of carbonyl (C=O) groups excluding carboxylic acids is 1. The minimum absolute atomic E-state index is 0.150. The zero-order valence-electron chi connectivity index (χ0n) is 22.3. The highest BCUT2D eigenvalue weighted by Crippen LogP contribution is 2.26. The SMILES string of the molecule is CCCCCCCCCCCCCCCC[N+](C)(C)C.O=C([O-])c1c(O)ccc2ccccc12. The van der Waals surface area contributed by atoms with E-state index in [1.165, 1.54) is 103 Å². The third kappa shape index (κ3) is 13.6. The monoisotopic (exact) mass is 471 g/mol. The van der Waals surface area contributed by atoms with Crippen molar-refractivity contribution in [3.8, 4) is 5.75 Å². The Morgan fingerprint density at radius 3 is 1.68 bits per heavy atom. The zero-order valence-corrected chi connectivity index (χ0v) is 22.3. The molecule has 0 aliphatic heterocycles. The average Bonchev–Trinajstić information content (AvgIpc) is 2.78. The Balaban J connectivity index is 0.000000358. The maximum atomic E-state index is 10.8. The molecule has 4 nitrogen and oxygen atoms in total. The molecule has 0 aromatic heterocycles. The Kier molecular flexibility index (Phi) is 15.3. The van der Waals surface area contributed by atoms with Crippen LogP contribution in [0.5, 0.6) is 5.75 Å². The van der Waals surface area contributed by atoms with Gasteiger partial charge in [0.15, 0.2) is 0 Å². The molecule has 0 spiro atoms. The summed E-state index contributed by atoms with van der Waals surface area (Å²) in [5.74, 6) is -1.62. The second-order valence-electron chi connectivity index (χ2n) is 10.6. The van der Waals surface area contributed by atoms with Crippen LogP contribution in [0.2, 0.25) is 0 Å². The second kappa shape index (κ2) is 17.4. The Labute approximate surface area is 208 Å². The van der Waals surface area contributed by atoms with Crippen LogP contribution in [-0.2, 0) is 0 Å². The van der Waals surface area contributed by atoms with E-state index >= 15 is 0 Å². The van der Waals surface area contributed by atoms with Crippen molar-refractivity contribution >= 4 is 16.7 Å². The van der Waals surface area contributed by atoms with E-state index in [9.17, 15) is 15.0 Å². The lowest BCUT2D eigenvalue weighted by atomic mass is 10.0. The van der Waals surface area contributed by atoms with E-state index in [4.69, 9.17) is 0 Å². The summed E-state index contributed by atoms with van der Waals surface area (Å²) >= 11 is 0. The molecule has 2 rings (SSSR count). The van der Waals surface area contributed by atoms with E-state index in [1.54, 1.807) is 30.3 Å². The van der Waals surface area contributed by atoms with Gasteiger partial charge in [-0.1, -0.05) is 114 Å². The molecule has 2 aromatic rings. The molecule has 0 aliphatic carbocycles. The smallest absolute Gasteiger partial charge is 0.125 e. The molecule has 0 atom stereocenters. The van der Waals surface area contributed by atoms with Gasteiger partial charge in [-0.15, -0.1) is 0 Å². The third-order valence-corrected chi connectivity index (χ3v) is 6.29. The molecule has 0 aliphatic rings. The normalized spacial score (nSPS) is 11.3. The molecule has 0 radical (unpaired) electrons. The van der Waals surface area contributed by atoms with Gasteiger partial charge in [0, 0.05) is 5.56 Å². The predicted molar refractivity (Wildman–Crippen MR) is 143 cm³/mol. The summed E-state index contributed by atoms with van der Waals surface area (Å²) in [4.78, 5) is 10.8. The number of fused-ring (bicyclic) bond motifs is 1. The summed E-state index contributed by atoms with van der Waals surface area (Å²) in [6.45, 7) is 3.63. The Bertz CT molecular complexity index is 810. The van der Waals surface area contributed by atoms with Crippen LogP contribution in [0.25, 0.3) is 10.8 Å². The van der Waals surface area contributed by atoms with E-state index in [2.05, 4.69) is 28.1 Å². The molecule has 0 heterocycles. The number of nitrogens with zero attached hydrogens (tertiary/aromatic N) is 1. The van der Waals surface area contributed by atoms with Crippen LogP contribution in [0.1, 0.15) is 107 Å². The van der Waals surface area contributed by atoms with Crippen LogP contribution in [0, 0.1) is 0 Å². The Morgan fingerprint density at radius 2 is 1.21 bits per heavy atom. The molecule has 0 saturated heterocycles. The first-order valence-corrected chi connectivity index (χ1v) is 13.5. The fourth-order valence-corrected chi connectivity index (χ4v) is 4.26. The van der Waals surface area contributed by atoms with Gasteiger partial charge in [-0.2, -0.15) is 0 Å². The number of aromatic hydroxyl groups is 1.